The first-order chi connectivity index (χ1) is 7.84. The van der Waals surface area contributed by atoms with Crippen LogP contribution in [0.1, 0.15) is 16.5 Å². The third kappa shape index (κ3) is 1.64. The van der Waals surface area contributed by atoms with Gasteiger partial charge in [-0.3, -0.25) is 0 Å². The fourth-order valence-corrected chi connectivity index (χ4v) is 2.82. The number of benzene rings is 1. The van der Waals surface area contributed by atoms with E-state index in [9.17, 15) is 0 Å². The number of aromatic nitrogens is 2. The molecule has 3 rings (SSSR count). The van der Waals surface area contributed by atoms with Crippen LogP contribution in [0.3, 0.4) is 0 Å². The van der Waals surface area contributed by atoms with Crippen LogP contribution < -0.4 is 5.32 Å². The Bertz CT molecular complexity index is 502. The van der Waals surface area contributed by atoms with Crippen LogP contribution in [-0.4, -0.2) is 23.3 Å². The summed E-state index contributed by atoms with van der Waals surface area (Å²) in [5.41, 5.74) is 2.47. The van der Waals surface area contributed by atoms with Crippen molar-refractivity contribution in [3.8, 4) is 10.6 Å². The summed E-state index contributed by atoms with van der Waals surface area (Å²) in [5.74, 6) is 0.579. The van der Waals surface area contributed by atoms with Crippen molar-refractivity contribution in [2.24, 2.45) is 0 Å². The molecular weight excluding hydrogens is 218 g/mol. The van der Waals surface area contributed by atoms with Crippen LogP contribution in [0.5, 0.6) is 0 Å². The second-order valence-electron chi connectivity index (χ2n) is 4.12. The summed E-state index contributed by atoms with van der Waals surface area (Å²) in [6, 6.07) is 8.32. The van der Waals surface area contributed by atoms with Crippen molar-refractivity contribution in [1.29, 1.82) is 0 Å². The van der Waals surface area contributed by atoms with E-state index in [4.69, 9.17) is 0 Å². The summed E-state index contributed by atoms with van der Waals surface area (Å²) >= 11 is 1.72. The van der Waals surface area contributed by atoms with Gasteiger partial charge in [0.05, 0.1) is 0 Å². The average molecular weight is 231 g/mol. The lowest BCUT2D eigenvalue weighted by Gasteiger charge is -2.23. The highest BCUT2D eigenvalue weighted by molar-refractivity contribution is 7.14. The number of rotatable bonds is 2. The van der Waals surface area contributed by atoms with Crippen molar-refractivity contribution in [3.63, 3.8) is 0 Å². The Morgan fingerprint density at radius 2 is 2.06 bits per heavy atom. The Morgan fingerprint density at radius 1 is 1.25 bits per heavy atom. The summed E-state index contributed by atoms with van der Waals surface area (Å²) in [6.45, 7) is 4.20. The van der Waals surface area contributed by atoms with Gasteiger partial charge in [-0.1, -0.05) is 35.6 Å². The van der Waals surface area contributed by atoms with Crippen molar-refractivity contribution in [2.45, 2.75) is 12.8 Å². The molecule has 0 saturated carbocycles. The van der Waals surface area contributed by atoms with Gasteiger partial charge >= 0.3 is 0 Å². The molecule has 1 N–H and O–H groups in total. The van der Waals surface area contributed by atoms with Gasteiger partial charge in [-0.2, -0.15) is 0 Å². The third-order valence-electron chi connectivity index (χ3n) is 2.95. The van der Waals surface area contributed by atoms with Gasteiger partial charge in [0.25, 0.3) is 0 Å². The maximum absolute atomic E-state index is 4.29. The maximum atomic E-state index is 4.29. The Morgan fingerprint density at radius 3 is 2.75 bits per heavy atom. The molecule has 1 aliphatic rings. The molecule has 1 saturated heterocycles. The molecule has 0 amide bonds. The van der Waals surface area contributed by atoms with E-state index in [1.54, 1.807) is 11.3 Å². The van der Waals surface area contributed by atoms with Crippen LogP contribution in [0, 0.1) is 6.92 Å². The van der Waals surface area contributed by atoms with Crippen LogP contribution in [0.4, 0.5) is 0 Å². The van der Waals surface area contributed by atoms with E-state index < -0.39 is 0 Å². The fraction of sp³-hybridized carbons (Fsp3) is 0.333. The highest BCUT2D eigenvalue weighted by atomic mass is 32.1. The number of nitrogens with zero attached hydrogens (tertiary/aromatic N) is 2. The van der Waals surface area contributed by atoms with Gasteiger partial charge in [-0.15, -0.1) is 10.2 Å². The quantitative estimate of drug-likeness (QED) is 0.861. The van der Waals surface area contributed by atoms with Gasteiger partial charge in [0, 0.05) is 24.6 Å². The molecule has 0 spiro atoms. The molecule has 0 bridgehead atoms. The predicted octanol–water partition coefficient (Wildman–Crippen LogP) is 2.20. The van der Waals surface area contributed by atoms with E-state index >= 15 is 0 Å². The second kappa shape index (κ2) is 3.96. The molecule has 2 aromatic rings. The molecule has 82 valence electrons. The van der Waals surface area contributed by atoms with E-state index in [2.05, 4.69) is 40.6 Å². The van der Waals surface area contributed by atoms with E-state index in [-0.39, 0.29) is 0 Å². The minimum absolute atomic E-state index is 0.579. The molecule has 3 nitrogen and oxygen atoms in total. The lowest BCUT2D eigenvalue weighted by Crippen LogP contribution is -2.39. The number of hydrogen-bond donors (Lipinski definition) is 1. The minimum atomic E-state index is 0.579. The monoisotopic (exact) mass is 231 g/mol. The van der Waals surface area contributed by atoms with Crippen LogP contribution in [0.2, 0.25) is 0 Å². The first-order valence-corrected chi connectivity index (χ1v) is 6.26. The largest absolute Gasteiger partial charge is 0.315 e. The van der Waals surface area contributed by atoms with Crippen molar-refractivity contribution < 1.29 is 0 Å². The molecule has 1 aromatic carbocycles. The molecule has 2 heterocycles. The Kier molecular flexibility index (Phi) is 2.46. The van der Waals surface area contributed by atoms with Crippen molar-refractivity contribution in [2.75, 3.05) is 13.1 Å². The zero-order valence-corrected chi connectivity index (χ0v) is 9.92. The number of nitrogens with one attached hydrogen (secondary N) is 1. The van der Waals surface area contributed by atoms with E-state index in [1.807, 2.05) is 6.07 Å². The van der Waals surface area contributed by atoms with Crippen LogP contribution in [0.15, 0.2) is 24.3 Å². The zero-order chi connectivity index (χ0) is 11.0. The summed E-state index contributed by atoms with van der Waals surface area (Å²) < 4.78 is 0. The lowest BCUT2D eigenvalue weighted by atomic mass is 10.1. The highest BCUT2D eigenvalue weighted by Crippen LogP contribution is 2.30. The molecule has 0 aliphatic carbocycles. The fourth-order valence-electron chi connectivity index (χ4n) is 1.78. The van der Waals surface area contributed by atoms with Crippen LogP contribution in [0.25, 0.3) is 10.6 Å². The first kappa shape index (κ1) is 9.93. The smallest absolute Gasteiger partial charge is 0.148 e. The van der Waals surface area contributed by atoms with Gasteiger partial charge in [0.15, 0.2) is 0 Å². The molecule has 1 aliphatic heterocycles. The third-order valence-corrected chi connectivity index (χ3v) is 4.07. The molecule has 16 heavy (non-hydrogen) atoms. The van der Waals surface area contributed by atoms with Gasteiger partial charge in [-0.25, -0.2) is 0 Å². The van der Waals surface area contributed by atoms with Gasteiger partial charge in [0.2, 0.25) is 0 Å². The molecular formula is C12H13N3S. The lowest BCUT2D eigenvalue weighted by molar-refractivity contribution is 0.444. The van der Waals surface area contributed by atoms with Crippen molar-refractivity contribution in [3.05, 3.63) is 34.8 Å². The highest BCUT2D eigenvalue weighted by Gasteiger charge is 2.23. The molecule has 0 atom stereocenters. The molecule has 4 heteroatoms. The summed E-state index contributed by atoms with van der Waals surface area (Å²) in [7, 11) is 0. The summed E-state index contributed by atoms with van der Waals surface area (Å²) in [5, 5.41) is 14.0. The van der Waals surface area contributed by atoms with E-state index in [0.717, 1.165) is 23.1 Å². The van der Waals surface area contributed by atoms with Crippen molar-refractivity contribution >= 4 is 11.3 Å². The molecule has 1 fully saturated rings. The van der Waals surface area contributed by atoms with Crippen LogP contribution >= 0.6 is 11.3 Å². The predicted molar refractivity (Wildman–Crippen MR) is 65.7 cm³/mol. The Balaban J connectivity index is 1.95. The average Bonchev–Trinajstić information content (AvgIpc) is 2.65. The summed E-state index contributed by atoms with van der Waals surface area (Å²) in [6.07, 6.45) is 0. The standard InChI is InChI=1S/C12H13N3S/c1-8-4-2-3-5-10(8)12-15-14-11(16-12)9-6-13-7-9/h2-5,9,13H,6-7H2,1H3. The van der Waals surface area contributed by atoms with Gasteiger partial charge < -0.3 is 5.32 Å². The SMILES string of the molecule is Cc1ccccc1-c1nnc(C2CNC2)s1. The number of hydrogen-bond acceptors (Lipinski definition) is 4. The van der Waals surface area contributed by atoms with Gasteiger partial charge in [0.1, 0.15) is 10.0 Å². The molecule has 0 unspecified atom stereocenters. The summed E-state index contributed by atoms with van der Waals surface area (Å²) in [4.78, 5) is 0. The minimum Gasteiger partial charge on any atom is -0.315 e. The van der Waals surface area contributed by atoms with Crippen molar-refractivity contribution in [1.82, 2.24) is 15.5 Å². The molecule has 0 radical (unpaired) electrons. The van der Waals surface area contributed by atoms with E-state index in [0.29, 0.717) is 5.92 Å². The maximum Gasteiger partial charge on any atom is 0.148 e. The normalized spacial score (nSPS) is 16.1. The molecule has 1 aromatic heterocycles. The first-order valence-electron chi connectivity index (χ1n) is 5.45. The van der Waals surface area contributed by atoms with E-state index in [1.165, 1.54) is 11.1 Å². The topological polar surface area (TPSA) is 37.8 Å². The zero-order valence-electron chi connectivity index (χ0n) is 9.10. The number of aryl methyl sites for hydroxylation is 1. The second-order valence-corrected chi connectivity index (χ2v) is 5.12. The Labute approximate surface area is 98.5 Å². The van der Waals surface area contributed by atoms with Crippen LogP contribution in [-0.2, 0) is 0 Å². The van der Waals surface area contributed by atoms with Gasteiger partial charge in [-0.05, 0) is 12.5 Å². The Hall–Kier alpha value is -1.26.